The monoisotopic (exact) mass is 251 g/mol. The highest BCUT2D eigenvalue weighted by Crippen LogP contribution is 2.26. The highest BCUT2D eigenvalue weighted by molar-refractivity contribution is 5.57. The van der Waals surface area contributed by atoms with Gasteiger partial charge in [0.15, 0.2) is 0 Å². The summed E-state index contributed by atoms with van der Waals surface area (Å²) < 4.78 is 0. The number of anilines is 1. The molecule has 1 aromatic rings. The zero-order valence-corrected chi connectivity index (χ0v) is 11.5. The first-order valence-corrected chi connectivity index (χ1v) is 6.26. The van der Waals surface area contributed by atoms with Crippen molar-refractivity contribution in [1.82, 2.24) is 4.98 Å². The number of aromatic nitrogens is 1. The van der Waals surface area contributed by atoms with Gasteiger partial charge in [0.1, 0.15) is 0 Å². The Morgan fingerprint density at radius 2 is 1.83 bits per heavy atom. The van der Waals surface area contributed by atoms with Crippen molar-refractivity contribution >= 4 is 11.5 Å². The Hall–Kier alpha value is -1.65. The van der Waals surface area contributed by atoms with E-state index >= 15 is 0 Å². The van der Waals surface area contributed by atoms with Crippen LogP contribution in [0, 0.1) is 22.0 Å². The van der Waals surface area contributed by atoms with Crippen LogP contribution in [0.15, 0.2) is 18.3 Å². The topological polar surface area (TPSA) is 59.3 Å². The summed E-state index contributed by atoms with van der Waals surface area (Å²) in [6, 6.07) is 3.11. The van der Waals surface area contributed by atoms with Gasteiger partial charge < -0.3 is 4.90 Å². The maximum absolute atomic E-state index is 11.0. The quantitative estimate of drug-likeness (QED) is 0.575. The molecule has 1 aromatic heterocycles. The van der Waals surface area contributed by atoms with Gasteiger partial charge in [-0.3, -0.25) is 10.1 Å². The van der Waals surface area contributed by atoms with E-state index in [1.165, 1.54) is 6.07 Å². The molecular formula is C13H21N3O2. The minimum absolute atomic E-state index is 0.0822. The van der Waals surface area contributed by atoms with Gasteiger partial charge in [-0.05, 0) is 17.9 Å². The lowest BCUT2D eigenvalue weighted by Crippen LogP contribution is -2.32. The summed E-state index contributed by atoms with van der Waals surface area (Å²) in [5.74, 6) is 1.35. The summed E-state index contributed by atoms with van der Waals surface area (Å²) in [6.07, 6.45) is 1.61. The van der Waals surface area contributed by atoms with Crippen molar-refractivity contribution in [3.05, 3.63) is 28.4 Å². The van der Waals surface area contributed by atoms with Gasteiger partial charge in [0, 0.05) is 25.4 Å². The van der Waals surface area contributed by atoms with Gasteiger partial charge >= 0.3 is 5.69 Å². The fourth-order valence-electron chi connectivity index (χ4n) is 1.90. The van der Waals surface area contributed by atoms with E-state index in [9.17, 15) is 10.1 Å². The van der Waals surface area contributed by atoms with Crippen LogP contribution >= 0.6 is 0 Å². The SMILES string of the molecule is CC(C)CN(CC(C)C)c1ncccc1[N+](=O)[O-]. The minimum Gasteiger partial charge on any atom is -0.350 e. The highest BCUT2D eigenvalue weighted by atomic mass is 16.6. The van der Waals surface area contributed by atoms with E-state index in [2.05, 4.69) is 32.7 Å². The van der Waals surface area contributed by atoms with E-state index in [1.807, 2.05) is 4.90 Å². The molecule has 0 aromatic carbocycles. The first kappa shape index (κ1) is 14.4. The van der Waals surface area contributed by atoms with Crippen molar-refractivity contribution in [3.63, 3.8) is 0 Å². The average molecular weight is 251 g/mol. The fraction of sp³-hybridized carbons (Fsp3) is 0.615. The lowest BCUT2D eigenvalue weighted by Gasteiger charge is -2.26. The Bertz CT molecular complexity index is 395. The Labute approximate surface area is 108 Å². The molecule has 18 heavy (non-hydrogen) atoms. The zero-order valence-electron chi connectivity index (χ0n) is 11.5. The van der Waals surface area contributed by atoms with Gasteiger partial charge in [0.25, 0.3) is 0 Å². The van der Waals surface area contributed by atoms with Crippen LogP contribution < -0.4 is 4.90 Å². The van der Waals surface area contributed by atoms with Crippen molar-refractivity contribution < 1.29 is 4.92 Å². The van der Waals surface area contributed by atoms with E-state index in [0.717, 1.165) is 13.1 Å². The number of hydrogen-bond acceptors (Lipinski definition) is 4. The summed E-state index contributed by atoms with van der Waals surface area (Å²) >= 11 is 0. The van der Waals surface area contributed by atoms with Crippen LogP contribution in [0.25, 0.3) is 0 Å². The van der Waals surface area contributed by atoms with Gasteiger partial charge in [-0.2, -0.15) is 0 Å². The largest absolute Gasteiger partial charge is 0.350 e. The molecule has 0 saturated carbocycles. The second kappa shape index (κ2) is 6.33. The molecular weight excluding hydrogens is 230 g/mol. The number of rotatable bonds is 6. The molecule has 0 spiro atoms. The van der Waals surface area contributed by atoms with Crippen molar-refractivity contribution in [2.24, 2.45) is 11.8 Å². The first-order valence-electron chi connectivity index (χ1n) is 6.26. The fourth-order valence-corrected chi connectivity index (χ4v) is 1.90. The van der Waals surface area contributed by atoms with Gasteiger partial charge in [0.2, 0.25) is 5.82 Å². The van der Waals surface area contributed by atoms with Crippen LogP contribution in [-0.2, 0) is 0 Å². The third-order valence-electron chi connectivity index (χ3n) is 2.43. The third-order valence-corrected chi connectivity index (χ3v) is 2.43. The van der Waals surface area contributed by atoms with Crippen LogP contribution in [0.5, 0.6) is 0 Å². The Morgan fingerprint density at radius 3 is 2.28 bits per heavy atom. The van der Waals surface area contributed by atoms with E-state index in [4.69, 9.17) is 0 Å². The van der Waals surface area contributed by atoms with Gasteiger partial charge in [0.05, 0.1) is 4.92 Å². The molecule has 0 aliphatic rings. The second-order valence-electron chi connectivity index (χ2n) is 5.30. The van der Waals surface area contributed by atoms with E-state index in [0.29, 0.717) is 17.7 Å². The summed E-state index contributed by atoms with van der Waals surface area (Å²) in [5.41, 5.74) is 0.0822. The lowest BCUT2D eigenvalue weighted by atomic mass is 10.1. The Balaban J connectivity index is 3.07. The molecule has 0 N–H and O–H groups in total. The van der Waals surface area contributed by atoms with E-state index < -0.39 is 0 Å². The Kier molecular flexibility index (Phi) is 5.07. The van der Waals surface area contributed by atoms with Crippen molar-refractivity contribution in [2.75, 3.05) is 18.0 Å². The molecule has 5 heteroatoms. The molecule has 0 fully saturated rings. The van der Waals surface area contributed by atoms with E-state index in [-0.39, 0.29) is 10.6 Å². The summed E-state index contributed by atoms with van der Waals surface area (Å²) in [7, 11) is 0. The molecule has 0 unspecified atom stereocenters. The molecule has 0 amide bonds. The van der Waals surface area contributed by atoms with Crippen LogP contribution in [-0.4, -0.2) is 23.0 Å². The van der Waals surface area contributed by atoms with Crippen molar-refractivity contribution in [3.8, 4) is 0 Å². The normalized spacial score (nSPS) is 11.0. The molecule has 0 radical (unpaired) electrons. The molecule has 100 valence electrons. The number of hydrogen-bond donors (Lipinski definition) is 0. The Morgan fingerprint density at radius 1 is 1.28 bits per heavy atom. The summed E-state index contributed by atoms with van der Waals surface area (Å²) in [4.78, 5) is 16.9. The van der Waals surface area contributed by atoms with Crippen LogP contribution in [0.3, 0.4) is 0 Å². The zero-order chi connectivity index (χ0) is 13.7. The lowest BCUT2D eigenvalue weighted by molar-refractivity contribution is -0.384. The van der Waals surface area contributed by atoms with Crippen molar-refractivity contribution in [1.29, 1.82) is 0 Å². The van der Waals surface area contributed by atoms with Crippen LogP contribution in [0.1, 0.15) is 27.7 Å². The molecule has 5 nitrogen and oxygen atoms in total. The molecule has 1 heterocycles. The molecule has 0 bridgehead atoms. The molecule has 0 saturated heterocycles. The molecule has 0 aliphatic carbocycles. The van der Waals surface area contributed by atoms with Gasteiger partial charge in [-0.25, -0.2) is 4.98 Å². The van der Waals surface area contributed by atoms with E-state index in [1.54, 1.807) is 12.3 Å². The number of nitro groups is 1. The van der Waals surface area contributed by atoms with Crippen molar-refractivity contribution in [2.45, 2.75) is 27.7 Å². The maximum Gasteiger partial charge on any atom is 0.311 e. The third kappa shape index (κ3) is 3.98. The predicted molar refractivity (Wildman–Crippen MR) is 72.8 cm³/mol. The average Bonchev–Trinajstić information content (AvgIpc) is 2.26. The van der Waals surface area contributed by atoms with Crippen LogP contribution in [0.4, 0.5) is 11.5 Å². The van der Waals surface area contributed by atoms with Crippen LogP contribution in [0.2, 0.25) is 0 Å². The van der Waals surface area contributed by atoms with Gasteiger partial charge in [-0.15, -0.1) is 0 Å². The predicted octanol–water partition coefficient (Wildman–Crippen LogP) is 3.11. The van der Waals surface area contributed by atoms with Gasteiger partial charge in [-0.1, -0.05) is 27.7 Å². The molecule has 0 aliphatic heterocycles. The minimum atomic E-state index is -0.365. The molecule has 0 atom stereocenters. The molecule has 1 rings (SSSR count). The second-order valence-corrected chi connectivity index (χ2v) is 5.30. The number of nitrogens with zero attached hydrogens (tertiary/aromatic N) is 3. The summed E-state index contributed by atoms with van der Waals surface area (Å²) in [6.45, 7) is 9.94. The highest BCUT2D eigenvalue weighted by Gasteiger charge is 2.21. The number of pyridine rings is 1. The first-order chi connectivity index (χ1) is 8.41. The maximum atomic E-state index is 11.0. The standard InChI is InChI=1S/C13H21N3O2/c1-10(2)8-15(9-11(3)4)13-12(16(17)18)6-5-7-14-13/h5-7,10-11H,8-9H2,1-4H3. The summed E-state index contributed by atoms with van der Waals surface area (Å²) in [5, 5.41) is 11.0. The smallest absolute Gasteiger partial charge is 0.311 e.